The minimum absolute atomic E-state index is 0.293. The van der Waals surface area contributed by atoms with Crippen LogP contribution in [0.4, 0.5) is 0 Å². The van der Waals surface area contributed by atoms with Crippen molar-refractivity contribution in [3.8, 4) is 0 Å². The fourth-order valence-corrected chi connectivity index (χ4v) is 2.86. The van der Waals surface area contributed by atoms with Gasteiger partial charge in [-0.15, -0.1) is 11.3 Å². The number of halogens is 1. The van der Waals surface area contributed by atoms with Gasteiger partial charge in [0.15, 0.2) is 0 Å². The van der Waals surface area contributed by atoms with E-state index in [0.717, 1.165) is 9.35 Å². The quantitative estimate of drug-likeness (QED) is 0.910. The molecule has 1 aliphatic heterocycles. The topological polar surface area (TPSA) is 58.9 Å². The standard InChI is InChI=1S/C9H8BrNO3S/c1-9(8(12)13)4-6(11-14-9)7-5(10)2-3-15-7/h2-3H,4H2,1H3,(H,12,13). The van der Waals surface area contributed by atoms with Crippen LogP contribution in [0, 0.1) is 0 Å². The molecular formula is C9H8BrNO3S. The highest BCUT2D eigenvalue weighted by molar-refractivity contribution is 9.10. The molecule has 0 aromatic carbocycles. The lowest BCUT2D eigenvalue weighted by atomic mass is 10.00. The van der Waals surface area contributed by atoms with E-state index in [1.54, 1.807) is 0 Å². The third kappa shape index (κ3) is 1.79. The first kappa shape index (κ1) is 10.6. The first-order chi connectivity index (χ1) is 7.03. The molecule has 6 heteroatoms. The van der Waals surface area contributed by atoms with Gasteiger partial charge >= 0.3 is 5.97 Å². The van der Waals surface area contributed by atoms with Gasteiger partial charge in [0.1, 0.15) is 5.71 Å². The number of rotatable bonds is 2. The minimum Gasteiger partial charge on any atom is -0.478 e. The van der Waals surface area contributed by atoms with Crippen molar-refractivity contribution < 1.29 is 14.7 Å². The molecule has 0 amide bonds. The highest BCUT2D eigenvalue weighted by atomic mass is 79.9. The molecule has 1 atom stereocenters. The predicted octanol–water partition coefficient (Wildman–Crippen LogP) is 2.48. The fraction of sp³-hybridized carbons (Fsp3) is 0.333. The Bertz CT molecular complexity index is 442. The number of hydrogen-bond donors (Lipinski definition) is 1. The normalized spacial score (nSPS) is 24.8. The lowest BCUT2D eigenvalue weighted by Crippen LogP contribution is -2.35. The largest absolute Gasteiger partial charge is 0.478 e. The van der Waals surface area contributed by atoms with Crippen LogP contribution in [0.25, 0.3) is 0 Å². The smallest absolute Gasteiger partial charge is 0.351 e. The van der Waals surface area contributed by atoms with Crippen LogP contribution in [0.3, 0.4) is 0 Å². The molecule has 4 nitrogen and oxygen atoms in total. The summed E-state index contributed by atoms with van der Waals surface area (Å²) in [6.07, 6.45) is 0.293. The van der Waals surface area contributed by atoms with Gasteiger partial charge in [-0.3, -0.25) is 0 Å². The van der Waals surface area contributed by atoms with Crippen molar-refractivity contribution in [2.45, 2.75) is 18.9 Å². The number of carboxylic acid groups (broad SMARTS) is 1. The molecule has 1 aromatic heterocycles. The van der Waals surface area contributed by atoms with E-state index in [1.807, 2.05) is 11.4 Å². The molecule has 0 aliphatic carbocycles. The van der Waals surface area contributed by atoms with E-state index in [4.69, 9.17) is 9.94 Å². The molecule has 80 valence electrons. The van der Waals surface area contributed by atoms with Crippen LogP contribution in [0.2, 0.25) is 0 Å². The van der Waals surface area contributed by atoms with Crippen LogP contribution < -0.4 is 0 Å². The summed E-state index contributed by atoms with van der Waals surface area (Å²) in [6.45, 7) is 1.52. The Morgan fingerprint density at radius 3 is 3.00 bits per heavy atom. The molecule has 0 fully saturated rings. The number of hydrogen-bond acceptors (Lipinski definition) is 4. The Kier molecular flexibility index (Phi) is 2.56. The monoisotopic (exact) mass is 289 g/mol. The summed E-state index contributed by atoms with van der Waals surface area (Å²) in [5, 5.41) is 14.7. The maximum atomic E-state index is 10.9. The highest BCUT2D eigenvalue weighted by Crippen LogP contribution is 2.32. The van der Waals surface area contributed by atoms with Crippen molar-refractivity contribution in [3.63, 3.8) is 0 Å². The van der Waals surface area contributed by atoms with Crippen LogP contribution in [0.1, 0.15) is 18.2 Å². The number of carboxylic acids is 1. The van der Waals surface area contributed by atoms with E-state index >= 15 is 0 Å². The third-order valence-corrected chi connectivity index (χ3v) is 4.08. The van der Waals surface area contributed by atoms with E-state index in [1.165, 1.54) is 18.3 Å². The highest BCUT2D eigenvalue weighted by Gasteiger charge is 2.42. The molecule has 0 spiro atoms. The van der Waals surface area contributed by atoms with Gasteiger partial charge in [0.25, 0.3) is 0 Å². The van der Waals surface area contributed by atoms with Crippen molar-refractivity contribution in [2.24, 2.45) is 5.16 Å². The van der Waals surface area contributed by atoms with Crippen molar-refractivity contribution >= 4 is 38.9 Å². The Labute approximate surface area is 98.7 Å². The van der Waals surface area contributed by atoms with Crippen molar-refractivity contribution in [1.29, 1.82) is 0 Å². The zero-order valence-corrected chi connectivity index (χ0v) is 10.3. The van der Waals surface area contributed by atoms with Gasteiger partial charge in [-0.2, -0.15) is 0 Å². The molecule has 2 rings (SSSR count). The van der Waals surface area contributed by atoms with E-state index in [2.05, 4.69) is 21.1 Å². The number of carbonyl (C=O) groups is 1. The maximum Gasteiger partial charge on any atom is 0.351 e. The lowest BCUT2D eigenvalue weighted by Gasteiger charge is -2.14. The van der Waals surface area contributed by atoms with E-state index in [9.17, 15) is 4.79 Å². The Balaban J connectivity index is 2.24. The minimum atomic E-state index is -1.22. The number of aliphatic carboxylic acids is 1. The molecule has 1 aromatic rings. The van der Waals surface area contributed by atoms with Gasteiger partial charge in [0, 0.05) is 10.9 Å². The van der Waals surface area contributed by atoms with E-state index in [0.29, 0.717) is 12.1 Å². The number of thiophene rings is 1. The molecule has 0 saturated carbocycles. The predicted molar refractivity (Wildman–Crippen MR) is 60.3 cm³/mol. The van der Waals surface area contributed by atoms with Crippen LogP contribution in [0.15, 0.2) is 21.1 Å². The van der Waals surface area contributed by atoms with Crippen LogP contribution in [-0.2, 0) is 9.63 Å². The summed E-state index contributed by atoms with van der Waals surface area (Å²) in [5.74, 6) is -0.992. The second-order valence-electron chi connectivity index (χ2n) is 3.44. The van der Waals surface area contributed by atoms with Crippen molar-refractivity contribution in [1.82, 2.24) is 0 Å². The summed E-state index contributed by atoms with van der Waals surface area (Å²) in [4.78, 5) is 16.8. The first-order valence-corrected chi connectivity index (χ1v) is 5.92. The first-order valence-electron chi connectivity index (χ1n) is 4.25. The Morgan fingerprint density at radius 2 is 2.53 bits per heavy atom. The van der Waals surface area contributed by atoms with Gasteiger partial charge in [-0.25, -0.2) is 4.79 Å². The molecular weight excluding hydrogens is 282 g/mol. The summed E-state index contributed by atoms with van der Waals surface area (Å²) in [5.41, 5.74) is -0.541. The summed E-state index contributed by atoms with van der Waals surface area (Å²) >= 11 is 4.89. The molecule has 1 aliphatic rings. The van der Waals surface area contributed by atoms with Crippen LogP contribution in [-0.4, -0.2) is 22.4 Å². The van der Waals surface area contributed by atoms with Gasteiger partial charge in [-0.1, -0.05) is 5.16 Å². The molecule has 1 unspecified atom stereocenters. The summed E-state index contributed by atoms with van der Waals surface area (Å²) in [6, 6.07) is 1.90. The van der Waals surface area contributed by atoms with E-state index < -0.39 is 11.6 Å². The van der Waals surface area contributed by atoms with Crippen LogP contribution in [0.5, 0.6) is 0 Å². The lowest BCUT2D eigenvalue weighted by molar-refractivity contribution is -0.160. The van der Waals surface area contributed by atoms with Gasteiger partial charge in [0.05, 0.1) is 4.88 Å². The van der Waals surface area contributed by atoms with Gasteiger partial charge in [0.2, 0.25) is 5.60 Å². The summed E-state index contributed by atoms with van der Waals surface area (Å²) < 4.78 is 0.921. The fourth-order valence-electron chi connectivity index (χ4n) is 1.28. The molecule has 0 saturated heterocycles. The summed E-state index contributed by atoms with van der Waals surface area (Å²) in [7, 11) is 0. The van der Waals surface area contributed by atoms with Crippen molar-refractivity contribution in [2.75, 3.05) is 0 Å². The molecule has 15 heavy (non-hydrogen) atoms. The van der Waals surface area contributed by atoms with E-state index in [-0.39, 0.29) is 0 Å². The Morgan fingerprint density at radius 1 is 1.80 bits per heavy atom. The Hall–Kier alpha value is -0.880. The van der Waals surface area contributed by atoms with Crippen molar-refractivity contribution in [3.05, 3.63) is 20.8 Å². The SMILES string of the molecule is CC1(C(=O)O)CC(c2sccc2Br)=NO1. The molecule has 0 radical (unpaired) electrons. The number of nitrogens with zero attached hydrogens (tertiary/aromatic N) is 1. The maximum absolute atomic E-state index is 10.9. The zero-order chi connectivity index (χ0) is 11.1. The molecule has 0 bridgehead atoms. The average molecular weight is 290 g/mol. The second kappa shape index (κ2) is 3.61. The average Bonchev–Trinajstić information content (AvgIpc) is 2.73. The van der Waals surface area contributed by atoms with Gasteiger partial charge in [-0.05, 0) is 34.3 Å². The zero-order valence-electron chi connectivity index (χ0n) is 7.86. The number of oxime groups is 1. The molecule has 2 heterocycles. The molecule has 1 N–H and O–H groups in total. The second-order valence-corrected chi connectivity index (χ2v) is 5.21. The van der Waals surface area contributed by atoms with Gasteiger partial charge < -0.3 is 9.94 Å². The van der Waals surface area contributed by atoms with Crippen LogP contribution >= 0.6 is 27.3 Å². The third-order valence-electron chi connectivity index (χ3n) is 2.19.